The minimum atomic E-state index is 0.844. The van der Waals surface area contributed by atoms with Crippen LogP contribution in [0.3, 0.4) is 0 Å². The Kier molecular flexibility index (Phi) is 1.28. The van der Waals surface area contributed by atoms with Gasteiger partial charge in [-0.3, -0.25) is 0 Å². The highest BCUT2D eigenvalue weighted by Gasteiger charge is 2.06. The number of hydrogen-bond donors (Lipinski definition) is 0. The lowest BCUT2D eigenvalue weighted by molar-refractivity contribution is 1.03. The zero-order chi connectivity index (χ0) is 8.67. The van der Waals surface area contributed by atoms with E-state index in [-0.39, 0.29) is 0 Å². The molecule has 0 spiro atoms. The molecule has 0 amide bonds. The van der Waals surface area contributed by atoms with Gasteiger partial charge in [0.25, 0.3) is 0 Å². The molecule has 5 heteroatoms. The molecule has 0 N–H and O–H groups in total. The van der Waals surface area contributed by atoms with Gasteiger partial charge in [-0.05, 0) is 12.1 Å². The minimum Gasteiger partial charge on any atom is -0.245 e. The second-order valence-electron chi connectivity index (χ2n) is 2.57. The van der Waals surface area contributed by atoms with Gasteiger partial charge in [-0.25, -0.2) is 9.97 Å². The molecule has 62 valence electrons. The number of rotatable bonds is 0. The van der Waals surface area contributed by atoms with Crippen LogP contribution in [0.1, 0.15) is 0 Å². The SMILES string of the molecule is c1cnc2sc3nncnc3c2c1. The van der Waals surface area contributed by atoms with Crippen LogP contribution in [-0.2, 0) is 0 Å². The summed E-state index contributed by atoms with van der Waals surface area (Å²) in [7, 11) is 0. The Balaban J connectivity index is 2.64. The number of pyridine rings is 1. The molecule has 0 saturated heterocycles. The first-order valence-corrected chi connectivity index (χ1v) is 4.58. The van der Waals surface area contributed by atoms with Gasteiger partial charge in [-0.15, -0.1) is 10.2 Å². The average Bonchev–Trinajstić information content (AvgIpc) is 2.56. The lowest BCUT2D eigenvalue weighted by Gasteiger charge is -1.85. The average molecular weight is 188 g/mol. The van der Waals surface area contributed by atoms with Gasteiger partial charge in [-0.1, -0.05) is 11.3 Å². The molecule has 3 rings (SSSR count). The first kappa shape index (κ1) is 6.85. The molecule has 4 nitrogen and oxygen atoms in total. The van der Waals surface area contributed by atoms with Crippen molar-refractivity contribution in [1.29, 1.82) is 0 Å². The van der Waals surface area contributed by atoms with Gasteiger partial charge in [0, 0.05) is 11.6 Å². The molecule has 0 aliphatic carbocycles. The maximum atomic E-state index is 4.23. The van der Waals surface area contributed by atoms with E-state index in [0.717, 1.165) is 20.6 Å². The van der Waals surface area contributed by atoms with Gasteiger partial charge >= 0.3 is 0 Å². The molecule has 0 aliphatic heterocycles. The summed E-state index contributed by atoms with van der Waals surface area (Å²) in [6.45, 7) is 0. The van der Waals surface area contributed by atoms with E-state index in [9.17, 15) is 0 Å². The number of nitrogens with zero attached hydrogens (tertiary/aromatic N) is 4. The van der Waals surface area contributed by atoms with E-state index >= 15 is 0 Å². The third-order valence-electron chi connectivity index (χ3n) is 1.81. The first-order chi connectivity index (χ1) is 6.45. The Morgan fingerprint density at radius 2 is 2.15 bits per heavy atom. The van der Waals surface area contributed by atoms with Gasteiger partial charge in [0.2, 0.25) is 0 Å². The summed E-state index contributed by atoms with van der Waals surface area (Å²) in [6, 6.07) is 3.90. The van der Waals surface area contributed by atoms with E-state index in [1.54, 1.807) is 6.20 Å². The largest absolute Gasteiger partial charge is 0.245 e. The summed E-state index contributed by atoms with van der Waals surface area (Å²) in [6.07, 6.45) is 3.23. The van der Waals surface area contributed by atoms with E-state index in [1.165, 1.54) is 17.7 Å². The highest BCUT2D eigenvalue weighted by Crippen LogP contribution is 2.27. The van der Waals surface area contributed by atoms with Crippen molar-refractivity contribution in [1.82, 2.24) is 20.2 Å². The molecule has 13 heavy (non-hydrogen) atoms. The van der Waals surface area contributed by atoms with Crippen LogP contribution >= 0.6 is 11.3 Å². The monoisotopic (exact) mass is 188 g/mol. The van der Waals surface area contributed by atoms with Crippen LogP contribution in [0.5, 0.6) is 0 Å². The van der Waals surface area contributed by atoms with Crippen molar-refractivity contribution in [2.24, 2.45) is 0 Å². The predicted octanol–water partition coefficient (Wildman–Crippen LogP) is 1.63. The topological polar surface area (TPSA) is 51.6 Å². The van der Waals surface area contributed by atoms with Gasteiger partial charge in [0.1, 0.15) is 16.7 Å². The Bertz CT molecular complexity index is 524. The summed E-state index contributed by atoms with van der Waals surface area (Å²) in [5, 5.41) is 8.77. The number of hydrogen-bond acceptors (Lipinski definition) is 5. The van der Waals surface area contributed by atoms with Gasteiger partial charge in [0.15, 0.2) is 4.83 Å². The lowest BCUT2D eigenvalue weighted by Crippen LogP contribution is -1.80. The highest BCUT2D eigenvalue weighted by atomic mass is 32.1. The van der Waals surface area contributed by atoms with Gasteiger partial charge in [0.05, 0.1) is 0 Å². The summed E-state index contributed by atoms with van der Waals surface area (Å²) >= 11 is 1.51. The van der Waals surface area contributed by atoms with Crippen molar-refractivity contribution in [2.45, 2.75) is 0 Å². The van der Waals surface area contributed by atoms with Crippen molar-refractivity contribution in [3.05, 3.63) is 24.7 Å². The molecule has 0 aliphatic rings. The zero-order valence-corrected chi connectivity index (χ0v) is 7.32. The van der Waals surface area contributed by atoms with Crippen molar-refractivity contribution >= 4 is 31.9 Å². The second kappa shape index (κ2) is 2.43. The molecule has 0 saturated carbocycles. The Morgan fingerprint density at radius 1 is 1.15 bits per heavy atom. The van der Waals surface area contributed by atoms with Crippen LogP contribution in [0.25, 0.3) is 20.6 Å². The quantitative estimate of drug-likeness (QED) is 0.538. The Labute approximate surface area is 77.3 Å². The minimum absolute atomic E-state index is 0.844. The van der Waals surface area contributed by atoms with E-state index in [1.807, 2.05) is 12.1 Å². The van der Waals surface area contributed by atoms with Gasteiger partial charge < -0.3 is 0 Å². The molecular weight excluding hydrogens is 184 g/mol. The molecular formula is C8H4N4S. The van der Waals surface area contributed by atoms with E-state index < -0.39 is 0 Å². The van der Waals surface area contributed by atoms with Crippen LogP contribution in [-0.4, -0.2) is 20.2 Å². The fourth-order valence-corrected chi connectivity index (χ4v) is 2.18. The summed E-state index contributed by atoms with van der Waals surface area (Å²) < 4.78 is 0. The van der Waals surface area contributed by atoms with E-state index in [4.69, 9.17) is 0 Å². The molecule has 0 fully saturated rings. The molecule has 0 radical (unpaired) electrons. The fraction of sp³-hybridized carbons (Fsp3) is 0. The molecule has 0 aromatic carbocycles. The van der Waals surface area contributed by atoms with Crippen LogP contribution in [0, 0.1) is 0 Å². The molecule has 3 aromatic heterocycles. The number of aromatic nitrogens is 4. The summed E-state index contributed by atoms with van der Waals surface area (Å²) in [5.74, 6) is 0. The third-order valence-corrected chi connectivity index (χ3v) is 2.80. The zero-order valence-electron chi connectivity index (χ0n) is 6.51. The van der Waals surface area contributed by atoms with Crippen LogP contribution < -0.4 is 0 Å². The predicted molar refractivity (Wildman–Crippen MR) is 50.5 cm³/mol. The molecule has 0 unspecified atom stereocenters. The van der Waals surface area contributed by atoms with Crippen molar-refractivity contribution in [2.75, 3.05) is 0 Å². The van der Waals surface area contributed by atoms with Crippen molar-refractivity contribution in [3.8, 4) is 0 Å². The smallest absolute Gasteiger partial charge is 0.167 e. The number of fused-ring (bicyclic) bond motifs is 3. The number of thiophene rings is 1. The maximum Gasteiger partial charge on any atom is 0.167 e. The maximum absolute atomic E-state index is 4.23. The molecule has 3 aromatic rings. The summed E-state index contributed by atoms with van der Waals surface area (Å²) in [4.78, 5) is 10.2. The highest BCUT2D eigenvalue weighted by molar-refractivity contribution is 7.24. The van der Waals surface area contributed by atoms with Crippen LogP contribution in [0.15, 0.2) is 24.7 Å². The normalized spacial score (nSPS) is 11.1. The molecule has 3 heterocycles. The van der Waals surface area contributed by atoms with Crippen molar-refractivity contribution < 1.29 is 0 Å². The van der Waals surface area contributed by atoms with E-state index in [2.05, 4.69) is 20.2 Å². The van der Waals surface area contributed by atoms with Gasteiger partial charge in [-0.2, -0.15) is 0 Å². The molecule has 0 bridgehead atoms. The molecule has 0 atom stereocenters. The summed E-state index contributed by atoms with van der Waals surface area (Å²) in [5.41, 5.74) is 0.892. The first-order valence-electron chi connectivity index (χ1n) is 3.76. The standard InChI is InChI=1S/C8H4N4S/c1-2-5-6-8(12-11-4-10-6)13-7(5)9-3-1/h1-4H. The second-order valence-corrected chi connectivity index (χ2v) is 3.55. The van der Waals surface area contributed by atoms with Crippen LogP contribution in [0.2, 0.25) is 0 Å². The fourth-order valence-electron chi connectivity index (χ4n) is 1.26. The van der Waals surface area contributed by atoms with Crippen molar-refractivity contribution in [3.63, 3.8) is 0 Å². The van der Waals surface area contributed by atoms with Crippen LogP contribution in [0.4, 0.5) is 0 Å². The Hall–Kier alpha value is -1.62. The third kappa shape index (κ3) is 0.905. The Morgan fingerprint density at radius 3 is 3.15 bits per heavy atom. The van der Waals surface area contributed by atoms with E-state index in [0.29, 0.717) is 0 Å². The lowest BCUT2D eigenvalue weighted by atomic mass is 10.3.